The summed E-state index contributed by atoms with van der Waals surface area (Å²) in [5, 5.41) is 17.0. The van der Waals surface area contributed by atoms with Crippen molar-refractivity contribution in [3.8, 4) is 0 Å². The maximum Gasteiger partial charge on any atom is 0.188 e. The highest BCUT2D eigenvalue weighted by molar-refractivity contribution is 7.10. The van der Waals surface area contributed by atoms with Crippen molar-refractivity contribution in [3.05, 3.63) is 51.5 Å². The van der Waals surface area contributed by atoms with Gasteiger partial charge in [-0.3, -0.25) is 4.98 Å². The zero-order valence-corrected chi connectivity index (χ0v) is 11.4. The van der Waals surface area contributed by atoms with E-state index in [1.54, 1.807) is 17.5 Å². The number of aryl methyl sites for hydroxylation is 1. The molecule has 100 valence electrons. The average Bonchev–Trinajstić information content (AvgIpc) is 2.84. The smallest absolute Gasteiger partial charge is 0.188 e. The summed E-state index contributed by atoms with van der Waals surface area (Å²) in [6, 6.07) is 5.83. The Morgan fingerprint density at radius 2 is 2.32 bits per heavy atom. The van der Waals surface area contributed by atoms with Crippen molar-refractivity contribution < 1.29 is 5.21 Å². The fourth-order valence-electron chi connectivity index (χ4n) is 1.68. The summed E-state index contributed by atoms with van der Waals surface area (Å²) in [5.41, 5.74) is 8.35. The first-order valence-electron chi connectivity index (χ1n) is 5.87. The van der Waals surface area contributed by atoms with Gasteiger partial charge in [-0.25, -0.2) is 0 Å². The van der Waals surface area contributed by atoms with E-state index in [4.69, 9.17) is 10.9 Å². The number of nitrogens with two attached hydrogens (primary N) is 1. The van der Waals surface area contributed by atoms with E-state index in [1.807, 2.05) is 12.1 Å². The summed E-state index contributed by atoms with van der Waals surface area (Å²) in [7, 11) is 0. The van der Waals surface area contributed by atoms with Gasteiger partial charge in [-0.05, 0) is 41.6 Å². The van der Waals surface area contributed by atoms with E-state index in [0.29, 0.717) is 12.2 Å². The molecule has 0 saturated carbocycles. The second-order valence-electron chi connectivity index (χ2n) is 4.16. The predicted molar refractivity (Wildman–Crippen MR) is 76.3 cm³/mol. The van der Waals surface area contributed by atoms with E-state index < -0.39 is 0 Å². The number of hydrogen-bond acceptors (Lipinski definition) is 5. The fraction of sp³-hybridized carbons (Fsp3) is 0.231. The summed E-state index contributed by atoms with van der Waals surface area (Å²) < 4.78 is 0. The van der Waals surface area contributed by atoms with Gasteiger partial charge in [-0.2, -0.15) is 0 Å². The van der Waals surface area contributed by atoms with Crippen LogP contribution in [-0.4, -0.2) is 16.0 Å². The first-order chi connectivity index (χ1) is 9.20. The molecule has 0 radical (unpaired) electrons. The summed E-state index contributed by atoms with van der Waals surface area (Å²) in [4.78, 5) is 5.38. The lowest BCUT2D eigenvalue weighted by atomic mass is 10.2. The van der Waals surface area contributed by atoms with Crippen molar-refractivity contribution in [3.63, 3.8) is 0 Å². The van der Waals surface area contributed by atoms with Gasteiger partial charge >= 0.3 is 0 Å². The lowest BCUT2D eigenvalue weighted by Gasteiger charge is -2.06. The van der Waals surface area contributed by atoms with Crippen molar-refractivity contribution in [1.29, 1.82) is 0 Å². The molecule has 2 rings (SSSR count). The van der Waals surface area contributed by atoms with Crippen LogP contribution in [0.15, 0.2) is 34.9 Å². The molecular formula is C13H16N4OS. The van der Waals surface area contributed by atoms with E-state index in [-0.39, 0.29) is 5.84 Å². The van der Waals surface area contributed by atoms with Crippen molar-refractivity contribution in [1.82, 2.24) is 10.3 Å². The predicted octanol–water partition coefficient (Wildman–Crippen LogP) is 1.84. The van der Waals surface area contributed by atoms with Gasteiger partial charge in [-0.1, -0.05) is 5.16 Å². The topological polar surface area (TPSA) is 83.5 Å². The van der Waals surface area contributed by atoms with Gasteiger partial charge in [0, 0.05) is 24.2 Å². The van der Waals surface area contributed by atoms with Crippen LogP contribution in [0.25, 0.3) is 0 Å². The third-order valence-corrected chi connectivity index (χ3v) is 3.80. The Labute approximate surface area is 115 Å². The molecule has 0 unspecified atom stereocenters. The third kappa shape index (κ3) is 3.52. The van der Waals surface area contributed by atoms with Crippen molar-refractivity contribution >= 4 is 17.2 Å². The number of aromatic nitrogens is 1. The van der Waals surface area contributed by atoms with E-state index in [0.717, 1.165) is 12.1 Å². The van der Waals surface area contributed by atoms with Crippen LogP contribution in [0.2, 0.25) is 0 Å². The highest BCUT2D eigenvalue weighted by Gasteiger charge is 2.03. The lowest BCUT2D eigenvalue weighted by Crippen LogP contribution is -2.17. The van der Waals surface area contributed by atoms with Crippen LogP contribution in [0, 0.1) is 6.92 Å². The molecule has 0 bridgehead atoms. The van der Waals surface area contributed by atoms with Crippen LogP contribution in [0.4, 0.5) is 0 Å². The Morgan fingerprint density at radius 3 is 3.00 bits per heavy atom. The van der Waals surface area contributed by atoms with Crippen molar-refractivity contribution in [2.75, 3.05) is 0 Å². The number of nitrogens with zero attached hydrogens (tertiary/aromatic N) is 2. The molecule has 0 amide bonds. The molecule has 0 saturated heterocycles. The van der Waals surface area contributed by atoms with Crippen LogP contribution in [0.5, 0.6) is 0 Å². The molecule has 19 heavy (non-hydrogen) atoms. The standard InChI is InChI=1S/C13H16N4OS/c1-9-3-5-19-12(9)8-15-7-10-2-4-16-11(6-10)13(14)17-18/h2-6,15,18H,7-8H2,1H3,(H2,14,17). The minimum absolute atomic E-state index is 0.0240. The van der Waals surface area contributed by atoms with Gasteiger partial charge < -0.3 is 16.3 Å². The molecule has 5 nitrogen and oxygen atoms in total. The SMILES string of the molecule is Cc1ccsc1CNCc1ccnc(C(N)=NO)c1. The summed E-state index contributed by atoms with van der Waals surface area (Å²) in [6.45, 7) is 3.66. The normalized spacial score (nSPS) is 11.7. The fourth-order valence-corrected chi connectivity index (χ4v) is 2.56. The van der Waals surface area contributed by atoms with Crippen molar-refractivity contribution in [2.45, 2.75) is 20.0 Å². The molecule has 2 aromatic heterocycles. The van der Waals surface area contributed by atoms with Crippen LogP contribution >= 0.6 is 11.3 Å². The van der Waals surface area contributed by atoms with E-state index in [9.17, 15) is 0 Å². The Kier molecular flexibility index (Phi) is 4.48. The Balaban J connectivity index is 1.95. The number of amidine groups is 1. The van der Waals surface area contributed by atoms with Crippen LogP contribution in [0.3, 0.4) is 0 Å². The van der Waals surface area contributed by atoms with Gasteiger partial charge in [0.2, 0.25) is 0 Å². The Morgan fingerprint density at radius 1 is 1.47 bits per heavy atom. The largest absolute Gasteiger partial charge is 0.409 e. The number of rotatable bonds is 5. The van der Waals surface area contributed by atoms with E-state index in [2.05, 4.69) is 33.8 Å². The minimum Gasteiger partial charge on any atom is -0.409 e. The molecule has 0 fully saturated rings. The molecule has 0 aliphatic rings. The first kappa shape index (κ1) is 13.5. The molecule has 0 atom stereocenters. The Hall–Kier alpha value is -1.92. The minimum atomic E-state index is 0.0240. The zero-order valence-electron chi connectivity index (χ0n) is 10.6. The molecule has 0 aliphatic heterocycles. The molecule has 2 heterocycles. The molecule has 0 aromatic carbocycles. The van der Waals surface area contributed by atoms with Gasteiger partial charge in [0.25, 0.3) is 0 Å². The highest BCUT2D eigenvalue weighted by Crippen LogP contribution is 2.15. The van der Waals surface area contributed by atoms with Gasteiger partial charge in [-0.15, -0.1) is 11.3 Å². The number of thiophene rings is 1. The first-order valence-corrected chi connectivity index (χ1v) is 6.75. The highest BCUT2D eigenvalue weighted by atomic mass is 32.1. The molecule has 0 spiro atoms. The number of oxime groups is 1. The molecule has 0 aliphatic carbocycles. The van der Waals surface area contributed by atoms with E-state index in [1.165, 1.54) is 10.4 Å². The Bertz CT molecular complexity index is 580. The second-order valence-corrected chi connectivity index (χ2v) is 5.17. The lowest BCUT2D eigenvalue weighted by molar-refractivity contribution is 0.318. The second kappa shape index (κ2) is 6.31. The van der Waals surface area contributed by atoms with Crippen LogP contribution in [0.1, 0.15) is 21.7 Å². The zero-order chi connectivity index (χ0) is 13.7. The molecule has 2 aromatic rings. The maximum absolute atomic E-state index is 8.62. The van der Waals surface area contributed by atoms with Gasteiger partial charge in [0.05, 0.1) is 0 Å². The number of hydrogen-bond donors (Lipinski definition) is 3. The van der Waals surface area contributed by atoms with Gasteiger partial charge in [0.15, 0.2) is 5.84 Å². The summed E-state index contributed by atoms with van der Waals surface area (Å²) in [6.07, 6.45) is 1.65. The summed E-state index contributed by atoms with van der Waals surface area (Å²) >= 11 is 1.75. The summed E-state index contributed by atoms with van der Waals surface area (Å²) in [5.74, 6) is 0.0240. The number of nitrogens with one attached hydrogen (secondary N) is 1. The quantitative estimate of drug-likeness (QED) is 0.337. The number of pyridine rings is 1. The third-order valence-electron chi connectivity index (χ3n) is 2.78. The van der Waals surface area contributed by atoms with Gasteiger partial charge in [0.1, 0.15) is 5.69 Å². The van der Waals surface area contributed by atoms with E-state index >= 15 is 0 Å². The maximum atomic E-state index is 8.62. The van der Waals surface area contributed by atoms with Crippen molar-refractivity contribution in [2.24, 2.45) is 10.9 Å². The van der Waals surface area contributed by atoms with Crippen LogP contribution < -0.4 is 11.1 Å². The molecular weight excluding hydrogens is 260 g/mol. The molecule has 4 N–H and O–H groups in total. The average molecular weight is 276 g/mol. The monoisotopic (exact) mass is 276 g/mol. The molecule has 6 heteroatoms. The van der Waals surface area contributed by atoms with Crippen LogP contribution in [-0.2, 0) is 13.1 Å².